The number of rotatable bonds is 8. The number of nitrogens with one attached hydrogen (secondary N) is 1. The quantitative estimate of drug-likeness (QED) is 0.685. The Kier molecular flexibility index (Phi) is 7.04. The first-order valence-corrected chi connectivity index (χ1v) is 7.65. The maximum absolute atomic E-state index is 12.3. The minimum atomic E-state index is -1.48. The van der Waals surface area contributed by atoms with Gasteiger partial charge in [0.15, 0.2) is 0 Å². The Bertz CT molecular complexity index is 515. The first-order valence-electron chi connectivity index (χ1n) is 6.43. The van der Waals surface area contributed by atoms with Gasteiger partial charge in [0.25, 0.3) is 0 Å². The number of methoxy groups -OCH3 is 1. The molecule has 0 bridgehead atoms. The van der Waals surface area contributed by atoms with Crippen LogP contribution < -0.4 is 5.32 Å². The Morgan fingerprint density at radius 2 is 1.95 bits per heavy atom. The van der Waals surface area contributed by atoms with Crippen LogP contribution in [-0.4, -0.2) is 46.7 Å². The molecule has 1 aromatic rings. The van der Waals surface area contributed by atoms with Crippen LogP contribution in [0.1, 0.15) is 12.5 Å². The molecule has 2 unspecified atom stereocenters. The number of hydrogen-bond donors (Lipinski definition) is 2. The highest BCUT2D eigenvalue weighted by molar-refractivity contribution is 7.86. The topological polar surface area (TPSA) is 92.7 Å². The molecule has 21 heavy (non-hydrogen) atoms. The van der Waals surface area contributed by atoms with Crippen LogP contribution in [-0.2, 0) is 31.5 Å². The van der Waals surface area contributed by atoms with Gasteiger partial charge in [0.1, 0.15) is 5.25 Å². The van der Waals surface area contributed by atoms with Crippen LogP contribution in [0.15, 0.2) is 29.2 Å². The Hall–Kier alpha value is -1.73. The van der Waals surface area contributed by atoms with E-state index in [1.54, 1.807) is 31.2 Å². The van der Waals surface area contributed by atoms with E-state index in [0.717, 1.165) is 0 Å². The van der Waals surface area contributed by atoms with Crippen LogP contribution in [0.25, 0.3) is 0 Å². The summed E-state index contributed by atoms with van der Waals surface area (Å²) in [6.07, 6.45) is -0.0834. The lowest BCUT2D eigenvalue weighted by molar-refractivity contribution is -0.136. The largest absolute Gasteiger partial charge is 0.481 e. The number of amides is 1. The molecular weight excluding hydrogens is 294 g/mol. The zero-order valence-electron chi connectivity index (χ0n) is 12.0. The fourth-order valence-corrected chi connectivity index (χ4v) is 2.73. The van der Waals surface area contributed by atoms with Gasteiger partial charge in [0, 0.05) is 18.6 Å². The number of ether oxygens (including phenoxy) is 1. The first-order chi connectivity index (χ1) is 9.95. The fourth-order valence-electron chi connectivity index (χ4n) is 1.64. The molecule has 0 heterocycles. The van der Waals surface area contributed by atoms with Gasteiger partial charge in [-0.2, -0.15) is 0 Å². The molecule has 116 valence electrons. The van der Waals surface area contributed by atoms with E-state index in [0.29, 0.717) is 23.6 Å². The number of carboxylic acids is 1. The lowest BCUT2D eigenvalue weighted by Crippen LogP contribution is -2.37. The molecule has 2 N–H and O–H groups in total. The van der Waals surface area contributed by atoms with E-state index < -0.39 is 22.0 Å². The van der Waals surface area contributed by atoms with Crippen molar-refractivity contribution in [2.24, 2.45) is 0 Å². The van der Waals surface area contributed by atoms with Gasteiger partial charge in [0.05, 0.1) is 23.8 Å². The molecule has 0 fully saturated rings. The second kappa shape index (κ2) is 8.53. The number of benzene rings is 1. The Morgan fingerprint density at radius 1 is 1.33 bits per heavy atom. The molecule has 0 aliphatic carbocycles. The molecule has 7 heteroatoms. The molecule has 0 aliphatic rings. The minimum Gasteiger partial charge on any atom is -0.481 e. The Labute approximate surface area is 126 Å². The average Bonchev–Trinajstić information content (AvgIpc) is 2.46. The van der Waals surface area contributed by atoms with Gasteiger partial charge in [-0.15, -0.1) is 0 Å². The molecule has 0 aromatic heterocycles. The summed E-state index contributed by atoms with van der Waals surface area (Å²) in [6, 6.07) is 6.40. The summed E-state index contributed by atoms with van der Waals surface area (Å²) in [6.45, 7) is 2.35. The predicted molar refractivity (Wildman–Crippen MR) is 78.5 cm³/mol. The summed E-state index contributed by atoms with van der Waals surface area (Å²) in [7, 11) is 0.0492. The highest BCUT2D eigenvalue weighted by Crippen LogP contribution is 2.13. The lowest BCUT2D eigenvalue weighted by atomic mass is 10.2. The Balaban J connectivity index is 2.65. The molecular formula is C14H19NO5S. The van der Waals surface area contributed by atoms with Crippen LogP contribution in [0.4, 0.5) is 0 Å². The van der Waals surface area contributed by atoms with Gasteiger partial charge < -0.3 is 15.2 Å². The van der Waals surface area contributed by atoms with Crippen molar-refractivity contribution < 1.29 is 23.6 Å². The summed E-state index contributed by atoms with van der Waals surface area (Å²) in [5, 5.41) is 10.6. The monoisotopic (exact) mass is 313 g/mol. The van der Waals surface area contributed by atoms with Gasteiger partial charge in [-0.3, -0.25) is 13.8 Å². The normalized spacial score (nSPS) is 13.4. The van der Waals surface area contributed by atoms with Gasteiger partial charge >= 0.3 is 5.97 Å². The maximum Gasteiger partial charge on any atom is 0.307 e. The van der Waals surface area contributed by atoms with Gasteiger partial charge in [-0.05, 0) is 24.6 Å². The molecule has 1 amide bonds. The third kappa shape index (κ3) is 5.65. The van der Waals surface area contributed by atoms with E-state index in [2.05, 4.69) is 5.32 Å². The first kappa shape index (κ1) is 17.3. The number of aliphatic carboxylic acids is 1. The number of hydrogen-bond acceptors (Lipinski definition) is 4. The highest BCUT2D eigenvalue weighted by Gasteiger charge is 2.21. The molecule has 6 nitrogen and oxygen atoms in total. The van der Waals surface area contributed by atoms with Crippen LogP contribution in [0, 0.1) is 0 Å². The van der Waals surface area contributed by atoms with Crippen LogP contribution >= 0.6 is 0 Å². The van der Waals surface area contributed by atoms with Crippen LogP contribution in [0.3, 0.4) is 0 Å². The van der Waals surface area contributed by atoms with Crippen LogP contribution in [0.5, 0.6) is 0 Å². The summed E-state index contributed by atoms with van der Waals surface area (Å²) in [4.78, 5) is 22.9. The molecule has 0 saturated heterocycles. The summed E-state index contributed by atoms with van der Waals surface area (Å²) in [5.74, 6) is -1.23. The number of carbonyl (C=O) groups is 2. The van der Waals surface area contributed by atoms with E-state index in [1.807, 2.05) is 0 Å². The summed E-state index contributed by atoms with van der Waals surface area (Å²) >= 11 is 0. The average molecular weight is 313 g/mol. The van der Waals surface area contributed by atoms with Crippen molar-refractivity contribution in [2.45, 2.75) is 23.5 Å². The van der Waals surface area contributed by atoms with Crippen LogP contribution in [0.2, 0.25) is 0 Å². The van der Waals surface area contributed by atoms with Crippen molar-refractivity contribution in [3.8, 4) is 0 Å². The molecule has 1 rings (SSSR count). The van der Waals surface area contributed by atoms with E-state index in [4.69, 9.17) is 9.84 Å². The van der Waals surface area contributed by atoms with Crippen molar-refractivity contribution >= 4 is 22.7 Å². The number of carboxylic acid groups (broad SMARTS) is 1. The molecule has 0 aliphatic heterocycles. The summed E-state index contributed by atoms with van der Waals surface area (Å²) < 4.78 is 17.1. The molecule has 0 saturated carbocycles. The smallest absolute Gasteiger partial charge is 0.307 e. The third-order valence-electron chi connectivity index (χ3n) is 2.81. The molecule has 0 radical (unpaired) electrons. The highest BCUT2D eigenvalue weighted by atomic mass is 32.2. The van der Waals surface area contributed by atoms with Crippen molar-refractivity contribution in [1.82, 2.24) is 5.32 Å². The third-order valence-corrected chi connectivity index (χ3v) is 4.40. The van der Waals surface area contributed by atoms with Crippen molar-refractivity contribution in [3.05, 3.63) is 29.8 Å². The zero-order chi connectivity index (χ0) is 15.8. The van der Waals surface area contributed by atoms with Gasteiger partial charge in [0.2, 0.25) is 5.91 Å². The van der Waals surface area contributed by atoms with Gasteiger partial charge in [-0.1, -0.05) is 12.1 Å². The number of carbonyl (C=O) groups excluding carboxylic acids is 1. The van der Waals surface area contributed by atoms with E-state index in [1.165, 1.54) is 7.11 Å². The van der Waals surface area contributed by atoms with Crippen molar-refractivity contribution in [3.63, 3.8) is 0 Å². The SMILES string of the molecule is COCCNC(=O)C(C)S(=O)c1ccc(CC(=O)O)cc1. The maximum atomic E-state index is 12.3. The molecule has 1 aromatic carbocycles. The second-order valence-electron chi connectivity index (χ2n) is 4.44. The van der Waals surface area contributed by atoms with E-state index in [-0.39, 0.29) is 12.3 Å². The molecule has 0 spiro atoms. The summed E-state index contributed by atoms with van der Waals surface area (Å²) in [5.41, 5.74) is 0.625. The fraction of sp³-hybridized carbons (Fsp3) is 0.429. The van der Waals surface area contributed by atoms with Gasteiger partial charge in [-0.25, -0.2) is 0 Å². The van der Waals surface area contributed by atoms with E-state index >= 15 is 0 Å². The van der Waals surface area contributed by atoms with Crippen molar-refractivity contribution in [2.75, 3.05) is 20.3 Å². The Morgan fingerprint density at radius 3 is 2.48 bits per heavy atom. The molecule has 2 atom stereocenters. The minimum absolute atomic E-state index is 0.0834. The second-order valence-corrected chi connectivity index (χ2v) is 6.21. The van der Waals surface area contributed by atoms with Crippen molar-refractivity contribution in [1.29, 1.82) is 0 Å². The standard InChI is InChI=1S/C14H19NO5S/c1-10(14(18)15-7-8-20-2)21(19)12-5-3-11(4-6-12)9-13(16)17/h3-6,10H,7-9H2,1-2H3,(H,15,18)(H,16,17). The zero-order valence-corrected chi connectivity index (χ0v) is 12.8. The predicted octanol–water partition coefficient (Wildman–Crippen LogP) is 0.572. The lowest BCUT2D eigenvalue weighted by Gasteiger charge is -2.12. The van der Waals surface area contributed by atoms with E-state index in [9.17, 15) is 13.8 Å².